The summed E-state index contributed by atoms with van der Waals surface area (Å²) in [6.07, 6.45) is 0. The average molecular weight is 293 g/mol. The molecule has 0 aliphatic heterocycles. The normalized spacial score (nSPS) is 12.5. The van der Waals surface area contributed by atoms with Crippen LogP contribution >= 0.6 is 27.5 Å². The number of hydrogen-bond acceptors (Lipinski definition) is 2. The molecular formula is C10H11BrClNO2. The molecule has 5 heteroatoms. The van der Waals surface area contributed by atoms with Crippen LogP contribution in [0.4, 0.5) is 0 Å². The van der Waals surface area contributed by atoms with Gasteiger partial charge in [0.1, 0.15) is 6.04 Å². The molecule has 15 heavy (non-hydrogen) atoms. The van der Waals surface area contributed by atoms with Crippen LogP contribution in [0.25, 0.3) is 0 Å². The molecule has 0 aromatic heterocycles. The van der Waals surface area contributed by atoms with E-state index >= 15 is 0 Å². The minimum absolute atomic E-state index is 0.575. The highest BCUT2D eigenvalue weighted by atomic mass is 79.9. The number of benzene rings is 1. The quantitative estimate of drug-likeness (QED) is 0.897. The molecule has 3 nitrogen and oxygen atoms in total. The Hall–Kier alpha value is -0.580. The van der Waals surface area contributed by atoms with Crippen LogP contribution in [0.5, 0.6) is 0 Å². The highest BCUT2D eigenvalue weighted by molar-refractivity contribution is 9.10. The fraction of sp³-hybridized carbons (Fsp3) is 0.300. The van der Waals surface area contributed by atoms with Gasteiger partial charge in [-0.2, -0.15) is 0 Å². The van der Waals surface area contributed by atoms with Crippen LogP contribution in [0, 0.1) is 0 Å². The van der Waals surface area contributed by atoms with Crippen LogP contribution < -0.4 is 5.32 Å². The molecule has 2 N–H and O–H groups in total. The van der Waals surface area contributed by atoms with Gasteiger partial charge in [-0.15, -0.1) is 0 Å². The maximum atomic E-state index is 11.0. The minimum atomic E-state index is -0.903. The lowest BCUT2D eigenvalue weighted by Gasteiger charge is -2.15. The van der Waals surface area contributed by atoms with E-state index in [9.17, 15) is 4.79 Å². The van der Waals surface area contributed by atoms with Gasteiger partial charge in [-0.25, -0.2) is 0 Å². The summed E-state index contributed by atoms with van der Waals surface area (Å²) in [7, 11) is 0. The Labute approximate surface area is 102 Å². The van der Waals surface area contributed by atoms with Crippen molar-refractivity contribution >= 4 is 33.5 Å². The molecular weight excluding hydrogens is 281 g/mol. The third kappa shape index (κ3) is 3.19. The number of rotatable bonds is 4. The van der Waals surface area contributed by atoms with Gasteiger partial charge in [0.05, 0.1) is 0 Å². The van der Waals surface area contributed by atoms with E-state index in [-0.39, 0.29) is 0 Å². The molecule has 1 rings (SSSR count). The first kappa shape index (κ1) is 12.5. The van der Waals surface area contributed by atoms with Crippen molar-refractivity contribution in [1.29, 1.82) is 0 Å². The topological polar surface area (TPSA) is 49.3 Å². The molecule has 0 saturated carbocycles. The fourth-order valence-corrected chi connectivity index (χ4v) is 2.18. The van der Waals surface area contributed by atoms with Crippen LogP contribution in [0.1, 0.15) is 18.5 Å². The van der Waals surface area contributed by atoms with Gasteiger partial charge in [0.2, 0.25) is 0 Å². The van der Waals surface area contributed by atoms with Crippen molar-refractivity contribution in [3.05, 3.63) is 33.3 Å². The molecule has 1 aromatic rings. The number of carboxylic acid groups (broad SMARTS) is 1. The van der Waals surface area contributed by atoms with Gasteiger partial charge in [-0.05, 0) is 24.2 Å². The van der Waals surface area contributed by atoms with Gasteiger partial charge in [0, 0.05) is 9.50 Å². The maximum absolute atomic E-state index is 11.0. The average Bonchev–Trinajstić information content (AvgIpc) is 2.15. The Morgan fingerprint density at radius 2 is 2.33 bits per heavy atom. The number of carboxylic acids is 1. The van der Waals surface area contributed by atoms with Crippen LogP contribution in [-0.2, 0) is 4.79 Å². The Morgan fingerprint density at radius 3 is 2.80 bits per heavy atom. The second kappa shape index (κ2) is 5.49. The lowest BCUT2D eigenvalue weighted by molar-refractivity contribution is -0.139. The van der Waals surface area contributed by atoms with E-state index in [2.05, 4.69) is 21.2 Å². The predicted octanol–water partition coefficient (Wildman–Crippen LogP) is 2.84. The Bertz CT molecular complexity index is 370. The van der Waals surface area contributed by atoms with Gasteiger partial charge in [-0.1, -0.05) is 40.5 Å². The molecule has 0 aliphatic carbocycles. The van der Waals surface area contributed by atoms with E-state index in [1.165, 1.54) is 0 Å². The van der Waals surface area contributed by atoms with Crippen molar-refractivity contribution in [2.75, 3.05) is 6.54 Å². The molecule has 0 aliphatic rings. The first-order chi connectivity index (χ1) is 7.06. The van der Waals surface area contributed by atoms with E-state index < -0.39 is 12.0 Å². The van der Waals surface area contributed by atoms with Crippen molar-refractivity contribution in [1.82, 2.24) is 5.32 Å². The lowest BCUT2D eigenvalue weighted by Crippen LogP contribution is -2.28. The molecule has 0 fully saturated rings. The SMILES string of the molecule is CCNC(C(=O)O)c1ccc(Cl)cc1Br. The smallest absolute Gasteiger partial charge is 0.325 e. The summed E-state index contributed by atoms with van der Waals surface area (Å²) < 4.78 is 0.698. The fourth-order valence-electron chi connectivity index (χ4n) is 1.27. The number of halogens is 2. The van der Waals surface area contributed by atoms with E-state index in [1.54, 1.807) is 18.2 Å². The van der Waals surface area contributed by atoms with Crippen molar-refractivity contribution in [3.63, 3.8) is 0 Å². The molecule has 0 saturated heterocycles. The van der Waals surface area contributed by atoms with E-state index in [1.807, 2.05) is 6.92 Å². The van der Waals surface area contributed by atoms with Crippen LogP contribution in [0.3, 0.4) is 0 Å². The third-order valence-corrected chi connectivity index (χ3v) is 2.85. The number of likely N-dealkylation sites (N-methyl/N-ethyl adjacent to an activating group) is 1. The molecule has 0 radical (unpaired) electrons. The number of nitrogens with one attached hydrogen (secondary N) is 1. The van der Waals surface area contributed by atoms with Crippen molar-refractivity contribution in [3.8, 4) is 0 Å². The van der Waals surface area contributed by atoms with Crippen LogP contribution in [0.2, 0.25) is 5.02 Å². The molecule has 82 valence electrons. The van der Waals surface area contributed by atoms with Crippen LogP contribution in [-0.4, -0.2) is 17.6 Å². The van der Waals surface area contributed by atoms with Gasteiger partial charge in [0.25, 0.3) is 0 Å². The molecule has 1 aromatic carbocycles. The summed E-state index contributed by atoms with van der Waals surface area (Å²) in [6, 6.07) is 4.36. The summed E-state index contributed by atoms with van der Waals surface area (Å²) in [4.78, 5) is 11.0. The molecule has 0 amide bonds. The largest absolute Gasteiger partial charge is 0.480 e. The number of hydrogen-bond donors (Lipinski definition) is 2. The summed E-state index contributed by atoms with van der Waals surface area (Å²) in [5.41, 5.74) is 0.675. The highest BCUT2D eigenvalue weighted by Gasteiger charge is 2.20. The number of carbonyl (C=O) groups is 1. The zero-order valence-corrected chi connectivity index (χ0v) is 10.5. The van der Waals surface area contributed by atoms with Gasteiger partial charge < -0.3 is 10.4 Å². The highest BCUT2D eigenvalue weighted by Crippen LogP contribution is 2.26. The molecule has 0 bridgehead atoms. The second-order valence-electron chi connectivity index (χ2n) is 2.99. The Morgan fingerprint density at radius 1 is 1.67 bits per heavy atom. The Balaban J connectivity index is 3.05. The Kier molecular flexibility index (Phi) is 4.57. The van der Waals surface area contributed by atoms with Crippen molar-refractivity contribution in [2.45, 2.75) is 13.0 Å². The second-order valence-corrected chi connectivity index (χ2v) is 4.29. The molecule has 1 atom stereocenters. The van der Waals surface area contributed by atoms with Crippen molar-refractivity contribution < 1.29 is 9.90 Å². The number of aliphatic carboxylic acids is 1. The maximum Gasteiger partial charge on any atom is 0.325 e. The van der Waals surface area contributed by atoms with Crippen molar-refractivity contribution in [2.24, 2.45) is 0 Å². The minimum Gasteiger partial charge on any atom is -0.480 e. The first-order valence-electron chi connectivity index (χ1n) is 4.47. The molecule has 1 unspecified atom stereocenters. The molecule has 0 heterocycles. The summed E-state index contributed by atoms with van der Waals surface area (Å²) in [5.74, 6) is -0.903. The zero-order valence-electron chi connectivity index (χ0n) is 8.13. The molecule has 0 spiro atoms. The van der Waals surface area contributed by atoms with Gasteiger partial charge in [0.15, 0.2) is 0 Å². The lowest BCUT2D eigenvalue weighted by atomic mass is 10.1. The van der Waals surface area contributed by atoms with Gasteiger partial charge >= 0.3 is 5.97 Å². The predicted molar refractivity (Wildman–Crippen MR) is 63.2 cm³/mol. The first-order valence-corrected chi connectivity index (χ1v) is 5.64. The summed E-state index contributed by atoms with van der Waals surface area (Å²) >= 11 is 9.08. The third-order valence-electron chi connectivity index (χ3n) is 1.93. The van der Waals surface area contributed by atoms with E-state index in [0.29, 0.717) is 21.6 Å². The van der Waals surface area contributed by atoms with E-state index in [0.717, 1.165) is 0 Å². The standard InChI is InChI=1S/C10H11BrClNO2/c1-2-13-9(10(14)15)7-4-3-6(12)5-8(7)11/h3-5,9,13H,2H2,1H3,(H,14,15). The van der Waals surface area contributed by atoms with E-state index in [4.69, 9.17) is 16.7 Å². The van der Waals surface area contributed by atoms with Crippen LogP contribution in [0.15, 0.2) is 22.7 Å². The summed E-state index contributed by atoms with van der Waals surface area (Å²) in [5, 5.41) is 12.5. The summed E-state index contributed by atoms with van der Waals surface area (Å²) in [6.45, 7) is 2.45. The van der Waals surface area contributed by atoms with Gasteiger partial charge in [-0.3, -0.25) is 4.79 Å². The monoisotopic (exact) mass is 291 g/mol. The zero-order chi connectivity index (χ0) is 11.4.